The van der Waals surface area contributed by atoms with Crippen molar-refractivity contribution in [2.75, 3.05) is 65.7 Å². The molecule has 2 unspecified atom stereocenters. The lowest BCUT2D eigenvalue weighted by Crippen LogP contribution is -2.37. The lowest BCUT2D eigenvalue weighted by atomic mass is 9.97. The standard InChI is InChI=1S/C26H29ClN2O2.C14H21NO2.C12H9Cl2N/c27-23-11-9-22(10-12-23)26(25-8-4-5-15-28-25)31-20-21-13-16-29(17-14-21)18-19-30-24-6-2-1-3-7-24;16-12-13-6-8-15(9-7-13)10-11-17-14-4-2-1-3-5-14;13-10-6-4-9(5-7-10)12(14)11-3-1-2-8-15-11/h1-12,15,21,26H,13-14,16-20H2;1-5,13,16H,6-12H2;1-8,12H. The van der Waals surface area contributed by atoms with Crippen LogP contribution in [0.1, 0.15) is 59.7 Å². The van der Waals surface area contributed by atoms with Crippen molar-refractivity contribution in [2.45, 2.75) is 37.2 Å². The minimum absolute atomic E-state index is 0.171. The van der Waals surface area contributed by atoms with Crippen LogP contribution in [-0.2, 0) is 4.74 Å². The summed E-state index contributed by atoms with van der Waals surface area (Å²) in [6.07, 6.45) is 7.89. The molecule has 0 spiro atoms. The van der Waals surface area contributed by atoms with Crippen LogP contribution < -0.4 is 9.47 Å². The van der Waals surface area contributed by atoms with Crippen LogP contribution in [0.5, 0.6) is 11.5 Å². The number of pyridine rings is 2. The molecular formula is C52H59Cl3N4O4. The van der Waals surface area contributed by atoms with Crippen LogP contribution in [0.3, 0.4) is 0 Å². The van der Waals surface area contributed by atoms with Gasteiger partial charge in [0.2, 0.25) is 0 Å². The Morgan fingerprint density at radius 1 is 0.540 bits per heavy atom. The Bertz CT molecular complexity index is 2090. The lowest BCUT2D eigenvalue weighted by molar-refractivity contribution is 0.0277. The van der Waals surface area contributed by atoms with Gasteiger partial charge in [-0.2, -0.15) is 0 Å². The number of aliphatic hydroxyl groups excluding tert-OH is 1. The number of nitrogens with zero attached hydrogens (tertiary/aromatic N) is 4. The number of aromatic nitrogens is 2. The van der Waals surface area contributed by atoms with E-state index in [1.807, 2.05) is 152 Å². The summed E-state index contributed by atoms with van der Waals surface area (Å²) in [5, 5.41) is 10.3. The molecule has 6 aromatic rings. The average Bonchev–Trinajstić information content (AvgIpc) is 3.34. The molecule has 4 heterocycles. The van der Waals surface area contributed by atoms with E-state index >= 15 is 0 Å². The molecule has 11 heteroatoms. The number of aliphatic hydroxyl groups is 1. The third kappa shape index (κ3) is 16.9. The molecule has 0 aliphatic carbocycles. The minimum atomic E-state index is -0.219. The Labute approximate surface area is 388 Å². The highest BCUT2D eigenvalue weighted by atomic mass is 35.5. The number of likely N-dealkylation sites (tertiary alicyclic amines) is 2. The third-order valence-electron chi connectivity index (χ3n) is 11.2. The molecule has 8 rings (SSSR count). The van der Waals surface area contributed by atoms with Crippen molar-refractivity contribution in [3.05, 3.63) is 191 Å². The van der Waals surface area contributed by atoms with Crippen molar-refractivity contribution in [3.8, 4) is 11.5 Å². The van der Waals surface area contributed by atoms with E-state index in [0.717, 1.165) is 124 Å². The van der Waals surface area contributed by atoms with Gasteiger partial charge in [0.05, 0.1) is 18.0 Å². The molecule has 2 aliphatic rings. The molecule has 0 amide bonds. The van der Waals surface area contributed by atoms with Gasteiger partial charge in [-0.05, 0) is 148 Å². The van der Waals surface area contributed by atoms with Gasteiger partial charge in [-0.1, -0.05) is 96.0 Å². The first-order chi connectivity index (χ1) is 30.9. The Kier molecular flexibility index (Phi) is 20.5. The molecule has 332 valence electrons. The number of ether oxygens (including phenoxy) is 3. The van der Waals surface area contributed by atoms with Crippen LogP contribution in [0.4, 0.5) is 0 Å². The van der Waals surface area contributed by atoms with Gasteiger partial charge in [0.1, 0.15) is 36.2 Å². The highest BCUT2D eigenvalue weighted by Crippen LogP contribution is 2.29. The van der Waals surface area contributed by atoms with Gasteiger partial charge in [-0.25, -0.2) is 0 Å². The van der Waals surface area contributed by atoms with Crippen molar-refractivity contribution in [3.63, 3.8) is 0 Å². The summed E-state index contributed by atoms with van der Waals surface area (Å²) in [4.78, 5) is 13.6. The van der Waals surface area contributed by atoms with Crippen molar-refractivity contribution < 1.29 is 19.3 Å². The molecule has 1 N–H and O–H groups in total. The number of hydrogen-bond donors (Lipinski definition) is 1. The maximum Gasteiger partial charge on any atom is 0.124 e. The summed E-state index contributed by atoms with van der Waals surface area (Å²) in [7, 11) is 0. The molecule has 63 heavy (non-hydrogen) atoms. The van der Waals surface area contributed by atoms with E-state index in [0.29, 0.717) is 23.5 Å². The highest BCUT2D eigenvalue weighted by Gasteiger charge is 2.23. The Morgan fingerprint density at radius 3 is 1.44 bits per heavy atom. The fourth-order valence-electron chi connectivity index (χ4n) is 7.47. The summed E-state index contributed by atoms with van der Waals surface area (Å²) >= 11 is 18.2. The van der Waals surface area contributed by atoms with Gasteiger partial charge in [0, 0.05) is 42.1 Å². The van der Waals surface area contributed by atoms with Crippen LogP contribution in [0.15, 0.2) is 158 Å². The molecule has 2 atom stereocenters. The summed E-state index contributed by atoms with van der Waals surface area (Å²) in [6.45, 7) is 8.83. The van der Waals surface area contributed by atoms with Crippen LogP contribution in [0, 0.1) is 11.8 Å². The second-order valence-corrected chi connectivity index (χ2v) is 17.1. The SMILES string of the molecule is Clc1ccc(C(Cl)c2ccccn2)cc1.Clc1ccc(C(OCC2CCN(CCOc3ccccc3)CC2)c2ccccn2)cc1.OCC1CCN(CCOc2ccccc2)CC1. The van der Waals surface area contributed by atoms with E-state index in [1.54, 1.807) is 6.20 Å². The zero-order chi connectivity index (χ0) is 43.9. The van der Waals surface area contributed by atoms with Crippen molar-refractivity contribution in [1.29, 1.82) is 0 Å². The number of benzene rings is 4. The van der Waals surface area contributed by atoms with E-state index < -0.39 is 0 Å². The number of hydrogen-bond acceptors (Lipinski definition) is 8. The van der Waals surface area contributed by atoms with Gasteiger partial charge >= 0.3 is 0 Å². The Hall–Kier alpha value is -4.51. The predicted octanol–water partition coefficient (Wildman–Crippen LogP) is 11.5. The Morgan fingerprint density at radius 2 is 0.984 bits per heavy atom. The molecule has 2 saturated heterocycles. The fourth-order valence-corrected chi connectivity index (χ4v) is 8.00. The molecule has 8 nitrogen and oxygen atoms in total. The molecule has 0 saturated carbocycles. The molecule has 2 fully saturated rings. The first-order valence-corrected chi connectivity index (χ1v) is 23.1. The number of rotatable bonds is 16. The van der Waals surface area contributed by atoms with Crippen LogP contribution in [0.25, 0.3) is 0 Å². The first-order valence-electron chi connectivity index (χ1n) is 21.9. The predicted molar refractivity (Wildman–Crippen MR) is 256 cm³/mol. The fraction of sp³-hybridized carbons (Fsp3) is 0.346. The summed E-state index contributed by atoms with van der Waals surface area (Å²) < 4.78 is 17.9. The topological polar surface area (TPSA) is 80.2 Å². The number of alkyl halides is 1. The molecule has 2 aromatic heterocycles. The number of halogens is 3. The molecule has 0 radical (unpaired) electrons. The van der Waals surface area contributed by atoms with Gasteiger partial charge in [0.15, 0.2) is 0 Å². The maximum absolute atomic E-state index is 9.06. The summed E-state index contributed by atoms with van der Waals surface area (Å²) in [5.41, 5.74) is 3.86. The van der Waals surface area contributed by atoms with Gasteiger partial charge in [-0.3, -0.25) is 19.8 Å². The van der Waals surface area contributed by atoms with Crippen LogP contribution in [0.2, 0.25) is 10.0 Å². The zero-order valence-electron chi connectivity index (χ0n) is 35.8. The lowest BCUT2D eigenvalue weighted by Gasteiger charge is -2.32. The van der Waals surface area contributed by atoms with Crippen LogP contribution >= 0.6 is 34.8 Å². The molecule has 0 bridgehead atoms. The smallest absolute Gasteiger partial charge is 0.124 e. The Balaban J connectivity index is 0.000000174. The van der Waals surface area contributed by atoms with Gasteiger partial charge in [0.25, 0.3) is 0 Å². The second kappa shape index (κ2) is 27.0. The monoisotopic (exact) mass is 908 g/mol. The number of para-hydroxylation sites is 2. The van der Waals surface area contributed by atoms with Gasteiger partial charge < -0.3 is 19.3 Å². The molecule has 2 aliphatic heterocycles. The maximum atomic E-state index is 9.06. The summed E-state index contributed by atoms with van der Waals surface area (Å²) in [6, 6.07) is 47.0. The highest BCUT2D eigenvalue weighted by molar-refractivity contribution is 6.30. The number of piperidine rings is 2. The van der Waals surface area contributed by atoms with Crippen molar-refractivity contribution in [2.24, 2.45) is 11.8 Å². The van der Waals surface area contributed by atoms with Crippen LogP contribution in [-0.4, -0.2) is 90.6 Å². The normalized spacial score (nSPS) is 15.8. The van der Waals surface area contributed by atoms with E-state index in [-0.39, 0.29) is 11.5 Å². The average molecular weight is 910 g/mol. The quantitative estimate of drug-likeness (QED) is 0.0962. The molecule has 4 aromatic carbocycles. The first kappa shape index (κ1) is 48.0. The van der Waals surface area contributed by atoms with Gasteiger partial charge in [-0.15, -0.1) is 11.6 Å². The van der Waals surface area contributed by atoms with Crippen molar-refractivity contribution >= 4 is 34.8 Å². The largest absolute Gasteiger partial charge is 0.492 e. The van der Waals surface area contributed by atoms with E-state index in [2.05, 4.69) is 19.8 Å². The zero-order valence-corrected chi connectivity index (χ0v) is 38.1. The molecular weight excluding hydrogens is 851 g/mol. The second-order valence-electron chi connectivity index (χ2n) is 15.8. The van der Waals surface area contributed by atoms with E-state index in [4.69, 9.17) is 54.1 Å². The van der Waals surface area contributed by atoms with E-state index in [9.17, 15) is 0 Å². The summed E-state index contributed by atoms with van der Waals surface area (Å²) in [5.74, 6) is 2.96. The van der Waals surface area contributed by atoms with Crippen molar-refractivity contribution in [1.82, 2.24) is 19.8 Å². The minimum Gasteiger partial charge on any atom is -0.492 e. The third-order valence-corrected chi connectivity index (χ3v) is 12.2. The van der Waals surface area contributed by atoms with E-state index in [1.165, 1.54) is 0 Å².